The maximum atomic E-state index is 12.6. The summed E-state index contributed by atoms with van der Waals surface area (Å²) >= 11 is 1.45. The number of quaternary nitrogens is 1. The molecular formula is C19H24N3O3S+. The molecule has 26 heavy (non-hydrogen) atoms. The second kappa shape index (κ2) is 7.47. The summed E-state index contributed by atoms with van der Waals surface area (Å²) in [6.07, 6.45) is 0.873. The van der Waals surface area contributed by atoms with Gasteiger partial charge < -0.3 is 20.7 Å². The van der Waals surface area contributed by atoms with Crippen LogP contribution in [-0.2, 0) is 13.0 Å². The van der Waals surface area contributed by atoms with E-state index in [1.807, 2.05) is 13.8 Å². The minimum absolute atomic E-state index is 0.0745. The first-order chi connectivity index (χ1) is 12.3. The molecule has 2 amide bonds. The SMILES string of the molecule is CC(C)Oc1ccc(C(=O)Nc2sc3c(c2C(N)=O)CC[NH+](C)C3)cc1. The number of rotatable bonds is 5. The van der Waals surface area contributed by atoms with E-state index < -0.39 is 5.91 Å². The van der Waals surface area contributed by atoms with Crippen LogP contribution >= 0.6 is 11.3 Å². The largest absolute Gasteiger partial charge is 0.491 e. The standard InChI is InChI=1S/C19H23N3O3S/c1-11(2)25-13-6-4-12(5-7-13)18(24)21-19-16(17(20)23)14-8-9-22(3)10-15(14)26-19/h4-7,11H,8-10H2,1-3H3,(H2,20,23)(H,21,24)/p+1. The molecule has 4 N–H and O–H groups in total. The zero-order valence-corrected chi connectivity index (χ0v) is 16.0. The van der Waals surface area contributed by atoms with Gasteiger partial charge in [0.1, 0.15) is 17.3 Å². The van der Waals surface area contributed by atoms with Gasteiger partial charge in [-0.3, -0.25) is 9.59 Å². The zero-order valence-electron chi connectivity index (χ0n) is 15.2. The Morgan fingerprint density at radius 1 is 1.27 bits per heavy atom. The lowest BCUT2D eigenvalue weighted by Crippen LogP contribution is -3.08. The minimum atomic E-state index is -0.488. The minimum Gasteiger partial charge on any atom is -0.491 e. The van der Waals surface area contributed by atoms with Gasteiger partial charge in [0.2, 0.25) is 0 Å². The first-order valence-electron chi connectivity index (χ1n) is 8.69. The Morgan fingerprint density at radius 3 is 2.58 bits per heavy atom. The molecular weight excluding hydrogens is 350 g/mol. The van der Waals surface area contributed by atoms with Gasteiger partial charge in [0.25, 0.3) is 11.8 Å². The van der Waals surface area contributed by atoms with Gasteiger partial charge in [-0.2, -0.15) is 0 Å². The molecule has 1 aliphatic heterocycles. The maximum Gasteiger partial charge on any atom is 0.256 e. The summed E-state index contributed by atoms with van der Waals surface area (Å²) in [4.78, 5) is 27.1. The average Bonchev–Trinajstić information content (AvgIpc) is 2.91. The second-order valence-corrected chi connectivity index (χ2v) is 7.96. The van der Waals surface area contributed by atoms with Gasteiger partial charge in [-0.05, 0) is 43.7 Å². The highest BCUT2D eigenvalue weighted by atomic mass is 32.1. The number of nitrogens with one attached hydrogen (secondary N) is 2. The third-order valence-corrected chi connectivity index (χ3v) is 5.46. The second-order valence-electron chi connectivity index (χ2n) is 6.85. The van der Waals surface area contributed by atoms with Gasteiger partial charge in [-0.1, -0.05) is 0 Å². The van der Waals surface area contributed by atoms with E-state index in [0.717, 1.165) is 30.0 Å². The molecule has 0 spiro atoms. The fraction of sp³-hybridized carbons (Fsp3) is 0.368. The van der Waals surface area contributed by atoms with Crippen LogP contribution in [0.15, 0.2) is 24.3 Å². The Morgan fingerprint density at radius 2 is 1.96 bits per heavy atom. The topological polar surface area (TPSA) is 85.9 Å². The molecule has 1 aromatic heterocycles. The number of carbonyl (C=O) groups is 2. The van der Waals surface area contributed by atoms with E-state index in [-0.39, 0.29) is 12.0 Å². The molecule has 2 aromatic rings. The fourth-order valence-corrected chi connectivity index (χ4v) is 4.46. The van der Waals surface area contributed by atoms with Crippen molar-refractivity contribution in [2.45, 2.75) is 32.9 Å². The van der Waals surface area contributed by atoms with Gasteiger partial charge >= 0.3 is 0 Å². The molecule has 138 valence electrons. The van der Waals surface area contributed by atoms with Crippen molar-refractivity contribution in [3.8, 4) is 5.75 Å². The number of primary amides is 1. The number of benzene rings is 1. The summed E-state index contributed by atoms with van der Waals surface area (Å²) in [6.45, 7) is 5.69. The molecule has 1 unspecified atom stereocenters. The maximum absolute atomic E-state index is 12.6. The molecule has 0 saturated heterocycles. The van der Waals surface area contributed by atoms with Crippen LogP contribution in [-0.4, -0.2) is 31.5 Å². The number of amides is 2. The third kappa shape index (κ3) is 3.89. The highest BCUT2D eigenvalue weighted by Gasteiger charge is 2.28. The molecule has 1 aromatic carbocycles. The molecule has 0 radical (unpaired) electrons. The van der Waals surface area contributed by atoms with Crippen molar-refractivity contribution in [2.75, 3.05) is 18.9 Å². The molecule has 0 bridgehead atoms. The fourth-order valence-electron chi connectivity index (χ4n) is 3.10. The Hall–Kier alpha value is -2.38. The Kier molecular flexibility index (Phi) is 5.29. The van der Waals surface area contributed by atoms with Crippen LogP contribution in [0.4, 0.5) is 5.00 Å². The van der Waals surface area contributed by atoms with Crippen LogP contribution in [0.5, 0.6) is 5.75 Å². The average molecular weight is 374 g/mol. The Balaban J connectivity index is 1.82. The number of carbonyl (C=O) groups excluding carboxylic acids is 2. The van der Waals surface area contributed by atoms with Crippen molar-refractivity contribution in [1.29, 1.82) is 0 Å². The quantitative estimate of drug-likeness (QED) is 0.741. The van der Waals surface area contributed by atoms with Gasteiger partial charge in [-0.25, -0.2) is 0 Å². The summed E-state index contributed by atoms with van der Waals surface area (Å²) in [5.41, 5.74) is 7.55. The van der Waals surface area contributed by atoms with Crippen molar-refractivity contribution < 1.29 is 19.2 Å². The summed E-state index contributed by atoms with van der Waals surface area (Å²) in [5.74, 6) is -0.0343. The molecule has 3 rings (SSSR count). The van der Waals surface area contributed by atoms with Crippen molar-refractivity contribution in [1.82, 2.24) is 0 Å². The third-order valence-electron chi connectivity index (χ3n) is 4.32. The van der Waals surface area contributed by atoms with E-state index in [9.17, 15) is 9.59 Å². The molecule has 7 heteroatoms. The van der Waals surface area contributed by atoms with Crippen LogP contribution in [0.3, 0.4) is 0 Å². The highest BCUT2D eigenvalue weighted by Crippen LogP contribution is 2.34. The molecule has 1 aliphatic rings. The van der Waals surface area contributed by atoms with Crippen LogP contribution in [0.2, 0.25) is 0 Å². The van der Waals surface area contributed by atoms with E-state index in [0.29, 0.717) is 21.9 Å². The number of anilines is 1. The molecule has 2 heterocycles. The number of ether oxygens (including phenoxy) is 1. The first-order valence-corrected chi connectivity index (χ1v) is 9.50. The first kappa shape index (κ1) is 18.4. The summed E-state index contributed by atoms with van der Waals surface area (Å²) in [5, 5.41) is 3.42. The number of nitrogens with two attached hydrogens (primary N) is 1. The lowest BCUT2D eigenvalue weighted by molar-refractivity contribution is -0.895. The van der Waals surface area contributed by atoms with E-state index >= 15 is 0 Å². The molecule has 0 saturated carbocycles. The van der Waals surface area contributed by atoms with Gasteiger partial charge in [0.05, 0.1) is 30.1 Å². The number of likely N-dealkylation sites (N-methyl/N-ethyl adjacent to an activating group) is 1. The van der Waals surface area contributed by atoms with Gasteiger partial charge in [0.15, 0.2) is 0 Å². The van der Waals surface area contributed by atoms with Crippen molar-refractivity contribution >= 4 is 28.2 Å². The number of thiophene rings is 1. The van der Waals surface area contributed by atoms with E-state index in [2.05, 4.69) is 12.4 Å². The van der Waals surface area contributed by atoms with Gasteiger partial charge in [0, 0.05) is 12.0 Å². The van der Waals surface area contributed by atoms with Crippen LogP contribution in [0.25, 0.3) is 0 Å². The molecule has 1 atom stereocenters. The van der Waals surface area contributed by atoms with Crippen molar-refractivity contribution in [3.05, 3.63) is 45.8 Å². The predicted octanol–water partition coefficient (Wildman–Crippen LogP) is 1.46. The lowest BCUT2D eigenvalue weighted by atomic mass is 10.0. The Labute approximate surface area is 156 Å². The van der Waals surface area contributed by atoms with Crippen molar-refractivity contribution in [2.24, 2.45) is 5.73 Å². The predicted molar refractivity (Wildman–Crippen MR) is 102 cm³/mol. The summed E-state index contributed by atoms with van der Waals surface area (Å²) < 4.78 is 5.59. The van der Waals surface area contributed by atoms with E-state index in [4.69, 9.17) is 10.5 Å². The van der Waals surface area contributed by atoms with Crippen LogP contribution < -0.4 is 20.7 Å². The van der Waals surface area contributed by atoms with E-state index in [1.54, 1.807) is 24.3 Å². The highest BCUT2D eigenvalue weighted by molar-refractivity contribution is 7.17. The molecule has 0 aliphatic carbocycles. The summed E-state index contributed by atoms with van der Waals surface area (Å²) in [6, 6.07) is 6.95. The Bertz CT molecular complexity index is 827. The smallest absolute Gasteiger partial charge is 0.256 e. The van der Waals surface area contributed by atoms with Crippen LogP contribution in [0.1, 0.15) is 45.0 Å². The summed E-state index contributed by atoms with van der Waals surface area (Å²) in [7, 11) is 2.12. The number of hydrogen-bond donors (Lipinski definition) is 3. The number of fused-ring (bicyclic) bond motifs is 1. The lowest BCUT2D eigenvalue weighted by Gasteiger charge is -2.19. The molecule has 6 nitrogen and oxygen atoms in total. The zero-order chi connectivity index (χ0) is 18.8. The number of hydrogen-bond acceptors (Lipinski definition) is 4. The van der Waals surface area contributed by atoms with E-state index in [1.165, 1.54) is 16.2 Å². The normalized spacial score (nSPS) is 16.2. The van der Waals surface area contributed by atoms with Crippen LogP contribution in [0, 0.1) is 0 Å². The van der Waals surface area contributed by atoms with Crippen molar-refractivity contribution in [3.63, 3.8) is 0 Å². The molecule has 0 fully saturated rings. The van der Waals surface area contributed by atoms with Gasteiger partial charge in [-0.15, -0.1) is 11.3 Å². The monoisotopic (exact) mass is 374 g/mol.